The van der Waals surface area contributed by atoms with Gasteiger partial charge in [-0.2, -0.15) is 5.10 Å². The molecule has 5 heteroatoms. The predicted octanol–water partition coefficient (Wildman–Crippen LogP) is 4.79. The number of nitrogens with zero attached hydrogens (tertiary/aromatic N) is 2. The van der Waals surface area contributed by atoms with Gasteiger partial charge in [-0.1, -0.05) is 41.4 Å². The molecule has 3 nitrogen and oxygen atoms in total. The van der Waals surface area contributed by atoms with Crippen LogP contribution >= 0.6 is 23.2 Å². The van der Waals surface area contributed by atoms with Crippen molar-refractivity contribution in [1.29, 1.82) is 0 Å². The zero-order valence-corrected chi connectivity index (χ0v) is 12.6. The predicted molar refractivity (Wildman–Crippen MR) is 87.4 cm³/mol. The Bertz CT molecular complexity index is 722. The normalized spacial score (nSPS) is 10.6. The summed E-state index contributed by atoms with van der Waals surface area (Å²) in [5.74, 6) is 0. The number of aromatic nitrogens is 2. The van der Waals surface area contributed by atoms with Crippen molar-refractivity contribution in [2.45, 2.75) is 6.54 Å². The minimum atomic E-state index is 0.548. The summed E-state index contributed by atoms with van der Waals surface area (Å²) >= 11 is 12.1. The van der Waals surface area contributed by atoms with Crippen molar-refractivity contribution in [3.8, 4) is 5.69 Å². The Balaban J connectivity index is 1.70. The fourth-order valence-electron chi connectivity index (χ4n) is 2.03. The van der Waals surface area contributed by atoms with Crippen LogP contribution in [0.15, 0.2) is 60.9 Å². The van der Waals surface area contributed by atoms with Gasteiger partial charge in [-0.3, -0.25) is 0 Å². The van der Waals surface area contributed by atoms with Gasteiger partial charge in [-0.15, -0.1) is 0 Å². The van der Waals surface area contributed by atoms with E-state index in [0.29, 0.717) is 16.6 Å². The highest BCUT2D eigenvalue weighted by atomic mass is 35.5. The van der Waals surface area contributed by atoms with Crippen LogP contribution in [0.5, 0.6) is 0 Å². The van der Waals surface area contributed by atoms with Crippen molar-refractivity contribution in [2.24, 2.45) is 0 Å². The number of hydrogen-bond acceptors (Lipinski definition) is 2. The summed E-state index contributed by atoms with van der Waals surface area (Å²) in [6, 6.07) is 15.6. The van der Waals surface area contributed by atoms with E-state index >= 15 is 0 Å². The quantitative estimate of drug-likeness (QED) is 0.749. The zero-order chi connectivity index (χ0) is 14.7. The number of rotatable bonds is 4. The lowest BCUT2D eigenvalue weighted by atomic mass is 10.2. The first-order valence-electron chi connectivity index (χ1n) is 6.51. The summed E-state index contributed by atoms with van der Waals surface area (Å²) < 4.78 is 1.82. The second-order valence-electron chi connectivity index (χ2n) is 4.57. The fourth-order valence-corrected chi connectivity index (χ4v) is 2.39. The van der Waals surface area contributed by atoms with Gasteiger partial charge in [0.25, 0.3) is 0 Å². The van der Waals surface area contributed by atoms with Crippen molar-refractivity contribution in [1.82, 2.24) is 9.78 Å². The summed E-state index contributed by atoms with van der Waals surface area (Å²) in [7, 11) is 0. The highest BCUT2D eigenvalue weighted by molar-refractivity contribution is 6.43. The van der Waals surface area contributed by atoms with E-state index in [1.165, 1.54) is 0 Å². The summed E-state index contributed by atoms with van der Waals surface area (Å²) in [4.78, 5) is 0. The van der Waals surface area contributed by atoms with Gasteiger partial charge in [0.2, 0.25) is 0 Å². The van der Waals surface area contributed by atoms with Crippen LogP contribution in [0.2, 0.25) is 10.0 Å². The van der Waals surface area contributed by atoms with E-state index in [2.05, 4.69) is 22.5 Å². The Morgan fingerprint density at radius 2 is 1.81 bits per heavy atom. The van der Waals surface area contributed by atoms with Crippen LogP contribution in [0, 0.1) is 0 Å². The SMILES string of the molecule is Clc1cccc(NCc2ccc(-n3cccn3)cc2)c1Cl. The second kappa shape index (κ2) is 6.20. The molecule has 0 bridgehead atoms. The number of halogens is 2. The number of hydrogen-bond donors (Lipinski definition) is 1. The topological polar surface area (TPSA) is 29.9 Å². The minimum Gasteiger partial charge on any atom is -0.380 e. The molecule has 0 saturated carbocycles. The molecule has 0 aliphatic rings. The van der Waals surface area contributed by atoms with E-state index < -0.39 is 0 Å². The van der Waals surface area contributed by atoms with Gasteiger partial charge in [0.15, 0.2) is 0 Å². The molecule has 106 valence electrons. The molecule has 2 aromatic carbocycles. The van der Waals surface area contributed by atoms with Gasteiger partial charge in [-0.25, -0.2) is 4.68 Å². The number of nitrogens with one attached hydrogen (secondary N) is 1. The molecule has 1 N–H and O–H groups in total. The Hall–Kier alpha value is -1.97. The summed E-state index contributed by atoms with van der Waals surface area (Å²) in [5.41, 5.74) is 3.02. The van der Waals surface area contributed by atoms with E-state index in [4.69, 9.17) is 23.2 Å². The number of benzene rings is 2. The smallest absolute Gasteiger partial charge is 0.0823 e. The lowest BCUT2D eigenvalue weighted by Gasteiger charge is -2.10. The Labute approximate surface area is 133 Å². The fraction of sp³-hybridized carbons (Fsp3) is 0.0625. The average molecular weight is 318 g/mol. The molecule has 3 rings (SSSR count). The van der Waals surface area contributed by atoms with Gasteiger partial charge in [0.05, 0.1) is 21.4 Å². The molecule has 0 fully saturated rings. The molecular formula is C16H13Cl2N3. The van der Waals surface area contributed by atoms with Gasteiger partial charge < -0.3 is 5.32 Å². The lowest BCUT2D eigenvalue weighted by Crippen LogP contribution is -2.01. The summed E-state index contributed by atoms with van der Waals surface area (Å²) in [6.07, 6.45) is 3.68. The molecule has 0 amide bonds. The monoisotopic (exact) mass is 317 g/mol. The average Bonchev–Trinajstić information content (AvgIpc) is 3.04. The summed E-state index contributed by atoms with van der Waals surface area (Å²) in [6.45, 7) is 0.680. The highest BCUT2D eigenvalue weighted by Crippen LogP contribution is 2.29. The molecule has 21 heavy (non-hydrogen) atoms. The molecule has 0 aliphatic heterocycles. The summed E-state index contributed by atoms with van der Waals surface area (Å²) in [5, 5.41) is 8.59. The van der Waals surface area contributed by atoms with Crippen LogP contribution in [0.25, 0.3) is 5.69 Å². The standard InChI is InChI=1S/C16H13Cl2N3/c17-14-3-1-4-15(16(14)18)19-11-12-5-7-13(8-6-12)21-10-2-9-20-21/h1-10,19H,11H2. The van der Waals surface area contributed by atoms with E-state index in [9.17, 15) is 0 Å². The first-order valence-corrected chi connectivity index (χ1v) is 7.26. The van der Waals surface area contributed by atoms with Crippen molar-refractivity contribution in [2.75, 3.05) is 5.32 Å². The van der Waals surface area contributed by atoms with Crippen molar-refractivity contribution < 1.29 is 0 Å². The maximum atomic E-state index is 6.15. The van der Waals surface area contributed by atoms with Crippen LogP contribution in [0.1, 0.15) is 5.56 Å². The molecule has 0 unspecified atom stereocenters. The number of anilines is 1. The first-order chi connectivity index (χ1) is 10.2. The van der Waals surface area contributed by atoms with Gasteiger partial charge in [-0.05, 0) is 35.9 Å². The van der Waals surface area contributed by atoms with Crippen LogP contribution in [-0.4, -0.2) is 9.78 Å². The van der Waals surface area contributed by atoms with E-state index in [1.54, 1.807) is 12.3 Å². The molecule has 0 atom stereocenters. The van der Waals surface area contributed by atoms with Crippen molar-refractivity contribution in [3.63, 3.8) is 0 Å². The molecule has 0 aliphatic carbocycles. The minimum absolute atomic E-state index is 0.548. The molecule has 1 aromatic heterocycles. The largest absolute Gasteiger partial charge is 0.380 e. The molecule has 3 aromatic rings. The second-order valence-corrected chi connectivity index (χ2v) is 5.36. The molecular weight excluding hydrogens is 305 g/mol. The Morgan fingerprint density at radius 1 is 1.00 bits per heavy atom. The van der Waals surface area contributed by atoms with E-state index in [1.807, 2.05) is 41.2 Å². The molecule has 1 heterocycles. The van der Waals surface area contributed by atoms with Gasteiger partial charge in [0, 0.05) is 18.9 Å². The van der Waals surface area contributed by atoms with Gasteiger partial charge in [0.1, 0.15) is 0 Å². The van der Waals surface area contributed by atoms with Crippen LogP contribution < -0.4 is 5.32 Å². The lowest BCUT2D eigenvalue weighted by molar-refractivity contribution is 0.879. The van der Waals surface area contributed by atoms with Crippen LogP contribution in [0.3, 0.4) is 0 Å². The maximum absolute atomic E-state index is 6.15. The first kappa shape index (κ1) is 14.0. The third-order valence-electron chi connectivity index (χ3n) is 3.14. The molecule has 0 spiro atoms. The zero-order valence-electron chi connectivity index (χ0n) is 11.1. The van der Waals surface area contributed by atoms with Crippen LogP contribution in [-0.2, 0) is 6.54 Å². The molecule has 0 radical (unpaired) electrons. The molecule has 0 saturated heterocycles. The highest BCUT2D eigenvalue weighted by Gasteiger charge is 2.04. The van der Waals surface area contributed by atoms with Crippen molar-refractivity contribution >= 4 is 28.9 Å². The Morgan fingerprint density at radius 3 is 2.52 bits per heavy atom. The third-order valence-corrected chi connectivity index (χ3v) is 3.96. The van der Waals surface area contributed by atoms with E-state index in [0.717, 1.165) is 16.9 Å². The maximum Gasteiger partial charge on any atom is 0.0823 e. The van der Waals surface area contributed by atoms with E-state index in [-0.39, 0.29) is 0 Å². The Kier molecular flexibility index (Phi) is 4.13. The van der Waals surface area contributed by atoms with Gasteiger partial charge >= 0.3 is 0 Å². The van der Waals surface area contributed by atoms with Crippen LogP contribution in [0.4, 0.5) is 5.69 Å². The van der Waals surface area contributed by atoms with Crippen molar-refractivity contribution in [3.05, 3.63) is 76.5 Å². The third kappa shape index (κ3) is 3.20.